The van der Waals surface area contributed by atoms with Gasteiger partial charge in [-0.05, 0) is 6.92 Å². The zero-order chi connectivity index (χ0) is 9.12. The largest absolute Gasteiger partial charge is 0.335 e. The van der Waals surface area contributed by atoms with Crippen LogP contribution in [-0.4, -0.2) is 29.0 Å². The van der Waals surface area contributed by atoms with Crippen molar-refractivity contribution in [2.24, 2.45) is 0 Å². The van der Waals surface area contributed by atoms with Crippen LogP contribution in [0, 0.1) is 0 Å². The van der Waals surface area contributed by atoms with Crippen LogP contribution in [-0.2, 0) is 13.7 Å². The SMILES string of the molecule is CCOP(C)(=O)CP(=O)(O)O. The van der Waals surface area contributed by atoms with Crippen LogP contribution in [0.25, 0.3) is 0 Å². The summed E-state index contributed by atoms with van der Waals surface area (Å²) in [6, 6.07) is 0. The molecule has 0 aliphatic carbocycles. The van der Waals surface area contributed by atoms with Crippen LogP contribution in [0.5, 0.6) is 0 Å². The average molecular weight is 202 g/mol. The van der Waals surface area contributed by atoms with Crippen molar-refractivity contribution in [1.82, 2.24) is 0 Å². The molecule has 0 saturated heterocycles. The van der Waals surface area contributed by atoms with Gasteiger partial charge in [-0.15, -0.1) is 0 Å². The quantitative estimate of drug-likeness (QED) is 0.666. The minimum atomic E-state index is -4.21. The minimum absolute atomic E-state index is 0.202. The Morgan fingerprint density at radius 3 is 2.09 bits per heavy atom. The van der Waals surface area contributed by atoms with E-state index in [4.69, 9.17) is 9.79 Å². The van der Waals surface area contributed by atoms with Crippen molar-refractivity contribution in [1.29, 1.82) is 0 Å². The van der Waals surface area contributed by atoms with Crippen molar-refractivity contribution in [3.05, 3.63) is 0 Å². The summed E-state index contributed by atoms with van der Waals surface area (Å²) in [5, 5.41) is 0. The van der Waals surface area contributed by atoms with Crippen molar-refractivity contribution in [3.63, 3.8) is 0 Å². The van der Waals surface area contributed by atoms with Crippen LogP contribution in [0.2, 0.25) is 0 Å². The predicted octanol–water partition coefficient (Wildman–Crippen LogP) is 1.07. The average Bonchev–Trinajstić information content (AvgIpc) is 1.55. The van der Waals surface area contributed by atoms with Crippen molar-refractivity contribution >= 4 is 15.0 Å². The molecule has 68 valence electrons. The van der Waals surface area contributed by atoms with E-state index in [-0.39, 0.29) is 6.61 Å². The molecule has 0 aliphatic heterocycles. The van der Waals surface area contributed by atoms with Gasteiger partial charge in [-0.1, -0.05) is 0 Å². The Kier molecular flexibility index (Phi) is 3.95. The van der Waals surface area contributed by atoms with E-state index in [1.54, 1.807) is 6.92 Å². The summed E-state index contributed by atoms with van der Waals surface area (Å²) < 4.78 is 26.1. The first kappa shape index (κ1) is 11.3. The maximum absolute atomic E-state index is 11.1. The fraction of sp³-hybridized carbons (Fsp3) is 1.00. The lowest BCUT2D eigenvalue weighted by atomic mass is 10.9. The molecule has 11 heavy (non-hydrogen) atoms. The molecule has 0 spiro atoms. The third-order valence-corrected chi connectivity index (χ3v) is 5.18. The Balaban J connectivity index is 4.14. The van der Waals surface area contributed by atoms with E-state index < -0.39 is 20.9 Å². The van der Waals surface area contributed by atoms with E-state index in [1.807, 2.05) is 0 Å². The fourth-order valence-electron chi connectivity index (χ4n) is 0.649. The Hall–Kier alpha value is 0.340. The number of rotatable bonds is 4. The van der Waals surface area contributed by atoms with Crippen LogP contribution in [0.1, 0.15) is 6.92 Å². The molecule has 0 amide bonds. The second kappa shape index (κ2) is 3.83. The van der Waals surface area contributed by atoms with Gasteiger partial charge in [0.1, 0.15) is 5.90 Å². The summed E-state index contributed by atoms with van der Waals surface area (Å²) in [6.07, 6.45) is 0. The van der Waals surface area contributed by atoms with E-state index >= 15 is 0 Å². The molecule has 0 aromatic heterocycles. The molecular formula is C4H12O5P2. The van der Waals surface area contributed by atoms with Gasteiger partial charge in [0.2, 0.25) is 7.37 Å². The lowest BCUT2D eigenvalue weighted by molar-refractivity contribution is 0.334. The van der Waals surface area contributed by atoms with Crippen LogP contribution >= 0.6 is 15.0 Å². The van der Waals surface area contributed by atoms with Crippen LogP contribution < -0.4 is 0 Å². The lowest BCUT2D eigenvalue weighted by Gasteiger charge is -2.12. The van der Waals surface area contributed by atoms with Gasteiger partial charge in [0.15, 0.2) is 0 Å². The molecule has 0 aromatic carbocycles. The number of hydrogen-bond donors (Lipinski definition) is 2. The molecule has 2 N–H and O–H groups in total. The summed E-state index contributed by atoms with van der Waals surface area (Å²) in [5.74, 6) is -0.673. The van der Waals surface area contributed by atoms with Gasteiger partial charge in [0, 0.05) is 6.66 Å². The molecule has 0 aliphatic rings. The maximum Gasteiger partial charge on any atom is 0.335 e. The third kappa shape index (κ3) is 6.73. The summed E-state index contributed by atoms with van der Waals surface area (Å²) in [7, 11) is -7.28. The highest BCUT2D eigenvalue weighted by Gasteiger charge is 2.27. The second-order valence-corrected chi connectivity index (χ2v) is 6.99. The molecule has 0 bridgehead atoms. The molecule has 0 fully saturated rings. The van der Waals surface area contributed by atoms with E-state index in [0.717, 1.165) is 0 Å². The number of hydrogen-bond acceptors (Lipinski definition) is 3. The van der Waals surface area contributed by atoms with E-state index in [2.05, 4.69) is 4.52 Å². The summed E-state index contributed by atoms with van der Waals surface area (Å²) in [6.45, 7) is 3.04. The molecular weight excluding hydrogens is 190 g/mol. The van der Waals surface area contributed by atoms with Crippen molar-refractivity contribution in [2.45, 2.75) is 6.92 Å². The smallest absolute Gasteiger partial charge is 0.328 e. The van der Waals surface area contributed by atoms with Gasteiger partial charge < -0.3 is 14.3 Å². The molecule has 5 nitrogen and oxygen atoms in total. The molecule has 0 aromatic rings. The highest BCUT2D eigenvalue weighted by atomic mass is 31.2. The minimum Gasteiger partial charge on any atom is -0.328 e. The van der Waals surface area contributed by atoms with Crippen molar-refractivity contribution in [2.75, 3.05) is 19.2 Å². The molecule has 0 heterocycles. The molecule has 1 unspecified atom stereocenters. The van der Waals surface area contributed by atoms with E-state index in [1.165, 1.54) is 6.66 Å². The van der Waals surface area contributed by atoms with Crippen molar-refractivity contribution in [3.8, 4) is 0 Å². The van der Waals surface area contributed by atoms with Gasteiger partial charge in [-0.2, -0.15) is 0 Å². The highest BCUT2D eigenvalue weighted by molar-refractivity contribution is 7.72. The Bertz CT molecular complexity index is 207. The first-order valence-electron chi connectivity index (χ1n) is 3.02. The Morgan fingerprint density at radius 2 is 1.82 bits per heavy atom. The monoisotopic (exact) mass is 202 g/mol. The summed E-state index contributed by atoms with van der Waals surface area (Å²) in [5.41, 5.74) is 0. The standard InChI is InChI=1S/C4H12O5P2/c1-3-9-10(2,5)4-11(6,7)8/h3-4H2,1-2H3,(H2,6,7,8). The Morgan fingerprint density at radius 1 is 1.36 bits per heavy atom. The van der Waals surface area contributed by atoms with Crippen LogP contribution in [0.3, 0.4) is 0 Å². The fourth-order valence-corrected chi connectivity index (χ4v) is 4.20. The molecule has 1 atom stereocenters. The normalized spacial score (nSPS) is 17.8. The Labute approximate surface area is 65.4 Å². The van der Waals surface area contributed by atoms with Gasteiger partial charge in [-0.25, -0.2) is 0 Å². The third-order valence-electron chi connectivity index (χ3n) is 0.843. The molecule has 0 rings (SSSR count). The molecule has 0 saturated carbocycles. The zero-order valence-corrected chi connectivity index (χ0v) is 8.22. The van der Waals surface area contributed by atoms with Crippen molar-refractivity contribution < 1.29 is 23.4 Å². The summed E-state index contributed by atoms with van der Waals surface area (Å²) in [4.78, 5) is 16.9. The predicted molar refractivity (Wildman–Crippen MR) is 42.1 cm³/mol. The van der Waals surface area contributed by atoms with Gasteiger partial charge in [0.25, 0.3) is 0 Å². The van der Waals surface area contributed by atoms with Gasteiger partial charge in [0.05, 0.1) is 6.61 Å². The van der Waals surface area contributed by atoms with Gasteiger partial charge in [-0.3, -0.25) is 9.13 Å². The highest BCUT2D eigenvalue weighted by Crippen LogP contribution is 2.55. The second-order valence-electron chi connectivity index (χ2n) is 2.24. The van der Waals surface area contributed by atoms with E-state index in [0.29, 0.717) is 0 Å². The van der Waals surface area contributed by atoms with Crippen LogP contribution in [0.15, 0.2) is 0 Å². The summed E-state index contributed by atoms with van der Waals surface area (Å²) >= 11 is 0. The maximum atomic E-state index is 11.1. The molecule has 0 radical (unpaired) electrons. The topological polar surface area (TPSA) is 83.8 Å². The zero-order valence-electron chi connectivity index (χ0n) is 6.43. The first-order valence-corrected chi connectivity index (χ1v) is 7.08. The van der Waals surface area contributed by atoms with E-state index in [9.17, 15) is 9.13 Å². The first-order chi connectivity index (χ1) is 4.77. The van der Waals surface area contributed by atoms with Crippen LogP contribution in [0.4, 0.5) is 0 Å². The molecule has 7 heteroatoms. The lowest BCUT2D eigenvalue weighted by Crippen LogP contribution is -1.94. The van der Waals surface area contributed by atoms with Gasteiger partial charge >= 0.3 is 7.60 Å².